The van der Waals surface area contributed by atoms with Gasteiger partial charge in [0.05, 0.1) is 10.6 Å². The number of anilines is 1. The number of hydrogen-bond acceptors (Lipinski definition) is 5. The molecule has 3 rings (SSSR count). The van der Waals surface area contributed by atoms with Crippen LogP contribution >= 0.6 is 0 Å². The Morgan fingerprint density at radius 3 is 2.24 bits per heavy atom. The molecule has 0 spiro atoms. The number of nitrogens with zero attached hydrogens (tertiary/aromatic N) is 4. The topological polar surface area (TPSA) is 87.5 Å². The van der Waals surface area contributed by atoms with Crippen LogP contribution in [-0.4, -0.2) is 66.5 Å². The van der Waals surface area contributed by atoms with Gasteiger partial charge in [-0.15, -0.1) is 0 Å². The van der Waals surface area contributed by atoms with Crippen molar-refractivity contribution in [2.75, 3.05) is 38.5 Å². The lowest BCUT2D eigenvalue weighted by Gasteiger charge is -2.31. The summed E-state index contributed by atoms with van der Waals surface area (Å²) < 4.78 is 28.9. The summed E-state index contributed by atoms with van der Waals surface area (Å²) in [6.45, 7) is 6.37. The predicted octanol–water partition coefficient (Wildman–Crippen LogP) is 1.54. The number of carbonyl (C=O) groups is 1. The number of hydrogen-bond donors (Lipinski definition) is 1. The highest BCUT2D eigenvalue weighted by molar-refractivity contribution is 7.89. The first-order chi connectivity index (χ1) is 13.7. The summed E-state index contributed by atoms with van der Waals surface area (Å²) in [6, 6.07) is 6.39. The maximum absolute atomic E-state index is 12.8. The van der Waals surface area contributed by atoms with Crippen molar-refractivity contribution >= 4 is 21.6 Å². The summed E-state index contributed by atoms with van der Waals surface area (Å²) in [7, 11) is 0.378. The van der Waals surface area contributed by atoms with Crippen LogP contribution in [0.2, 0.25) is 0 Å². The number of amides is 1. The molecule has 2 aromatic rings. The van der Waals surface area contributed by atoms with Gasteiger partial charge in [-0.2, -0.15) is 9.40 Å². The number of piperazine rings is 1. The first-order valence-electron chi connectivity index (χ1n) is 9.76. The molecule has 1 aromatic carbocycles. The first-order valence-corrected chi connectivity index (χ1v) is 11.2. The molecule has 1 saturated heterocycles. The van der Waals surface area contributed by atoms with Crippen LogP contribution in [0.1, 0.15) is 23.4 Å². The molecule has 1 N–H and O–H groups in total. The summed E-state index contributed by atoms with van der Waals surface area (Å²) in [5, 5.41) is 7.21. The third kappa shape index (κ3) is 4.85. The Balaban J connectivity index is 1.59. The number of aromatic nitrogens is 2. The number of nitrogens with one attached hydrogen (secondary N) is 1. The minimum atomic E-state index is -3.50. The zero-order valence-electron chi connectivity index (χ0n) is 17.5. The SMILES string of the molecule is Cc1nn(C)c(C)c1CCC(=O)Nc1ccc(S(=O)(=O)N2CCN(C)CC2)cc1. The van der Waals surface area contributed by atoms with Crippen molar-refractivity contribution in [3.8, 4) is 0 Å². The van der Waals surface area contributed by atoms with Gasteiger partial charge in [0.2, 0.25) is 15.9 Å². The second kappa shape index (κ2) is 8.64. The van der Waals surface area contributed by atoms with Crippen LogP contribution in [0.5, 0.6) is 0 Å². The van der Waals surface area contributed by atoms with Crippen LogP contribution in [0.4, 0.5) is 5.69 Å². The molecular formula is C20H29N5O3S. The summed E-state index contributed by atoms with van der Waals surface area (Å²) in [4.78, 5) is 14.7. The third-order valence-electron chi connectivity index (χ3n) is 5.50. The maximum Gasteiger partial charge on any atom is 0.243 e. The highest BCUT2D eigenvalue weighted by atomic mass is 32.2. The van der Waals surface area contributed by atoms with Crippen LogP contribution in [-0.2, 0) is 28.3 Å². The van der Waals surface area contributed by atoms with Crippen molar-refractivity contribution in [2.24, 2.45) is 7.05 Å². The molecule has 0 unspecified atom stereocenters. The van der Waals surface area contributed by atoms with Gasteiger partial charge in [-0.25, -0.2) is 8.42 Å². The smallest absolute Gasteiger partial charge is 0.243 e. The van der Waals surface area contributed by atoms with Crippen molar-refractivity contribution in [1.82, 2.24) is 19.0 Å². The van der Waals surface area contributed by atoms with Gasteiger partial charge in [0.1, 0.15) is 0 Å². The molecule has 0 saturated carbocycles. The molecule has 158 valence electrons. The van der Waals surface area contributed by atoms with Gasteiger partial charge in [0, 0.05) is 51.0 Å². The van der Waals surface area contributed by atoms with Crippen LogP contribution in [0.25, 0.3) is 0 Å². The number of rotatable bonds is 6. The normalized spacial score (nSPS) is 16.1. The Labute approximate surface area is 172 Å². The van der Waals surface area contributed by atoms with Crippen LogP contribution < -0.4 is 5.32 Å². The van der Waals surface area contributed by atoms with Crippen LogP contribution in [0.3, 0.4) is 0 Å². The molecule has 2 heterocycles. The van der Waals surface area contributed by atoms with Gasteiger partial charge in [-0.05, 0) is 57.1 Å². The van der Waals surface area contributed by atoms with E-state index < -0.39 is 10.0 Å². The second-order valence-corrected chi connectivity index (χ2v) is 9.49. The molecule has 1 aliphatic heterocycles. The molecule has 0 atom stereocenters. The molecule has 1 amide bonds. The third-order valence-corrected chi connectivity index (χ3v) is 7.41. The van der Waals surface area contributed by atoms with E-state index in [9.17, 15) is 13.2 Å². The van der Waals surface area contributed by atoms with E-state index in [1.807, 2.05) is 32.6 Å². The molecular weight excluding hydrogens is 390 g/mol. The standard InChI is InChI=1S/C20H29N5O3S/c1-15-19(16(2)24(4)22-15)9-10-20(26)21-17-5-7-18(8-6-17)29(27,28)25-13-11-23(3)12-14-25/h5-8H,9-14H2,1-4H3,(H,21,26). The Morgan fingerprint density at radius 1 is 1.07 bits per heavy atom. The molecule has 9 heteroatoms. The number of carbonyl (C=O) groups excluding carboxylic acids is 1. The zero-order chi connectivity index (χ0) is 21.2. The average molecular weight is 420 g/mol. The Morgan fingerprint density at radius 2 is 1.69 bits per heavy atom. The fourth-order valence-corrected chi connectivity index (χ4v) is 4.95. The first kappa shape index (κ1) is 21.5. The lowest BCUT2D eigenvalue weighted by atomic mass is 10.1. The minimum Gasteiger partial charge on any atom is -0.326 e. The van der Waals surface area contributed by atoms with E-state index >= 15 is 0 Å². The van der Waals surface area contributed by atoms with E-state index in [-0.39, 0.29) is 10.8 Å². The number of aryl methyl sites for hydroxylation is 2. The van der Waals surface area contributed by atoms with E-state index in [0.717, 1.165) is 30.0 Å². The zero-order valence-corrected chi connectivity index (χ0v) is 18.3. The van der Waals surface area contributed by atoms with E-state index in [0.29, 0.717) is 31.6 Å². The van der Waals surface area contributed by atoms with Crippen molar-refractivity contribution in [3.63, 3.8) is 0 Å². The van der Waals surface area contributed by atoms with Gasteiger partial charge in [0.25, 0.3) is 0 Å². The predicted molar refractivity (Wildman–Crippen MR) is 112 cm³/mol. The van der Waals surface area contributed by atoms with Gasteiger partial charge >= 0.3 is 0 Å². The summed E-state index contributed by atoms with van der Waals surface area (Å²) in [5.41, 5.74) is 3.69. The van der Waals surface area contributed by atoms with E-state index in [4.69, 9.17) is 0 Å². The van der Waals surface area contributed by atoms with E-state index in [1.165, 1.54) is 4.31 Å². The molecule has 0 radical (unpaired) electrons. The van der Waals surface area contributed by atoms with Gasteiger partial charge in [0.15, 0.2) is 0 Å². The number of sulfonamides is 1. The highest BCUT2D eigenvalue weighted by Gasteiger charge is 2.27. The van der Waals surface area contributed by atoms with Gasteiger partial charge in [-0.1, -0.05) is 0 Å². The average Bonchev–Trinajstić information content (AvgIpc) is 2.92. The minimum absolute atomic E-state index is 0.109. The van der Waals surface area contributed by atoms with Crippen molar-refractivity contribution in [1.29, 1.82) is 0 Å². The molecule has 0 bridgehead atoms. The van der Waals surface area contributed by atoms with Crippen LogP contribution in [0.15, 0.2) is 29.2 Å². The largest absolute Gasteiger partial charge is 0.326 e. The van der Waals surface area contributed by atoms with Gasteiger partial charge in [-0.3, -0.25) is 9.48 Å². The van der Waals surface area contributed by atoms with Gasteiger partial charge < -0.3 is 10.2 Å². The Kier molecular flexibility index (Phi) is 6.40. The number of benzene rings is 1. The van der Waals surface area contributed by atoms with E-state index in [1.54, 1.807) is 24.3 Å². The second-order valence-electron chi connectivity index (χ2n) is 7.55. The van der Waals surface area contributed by atoms with Crippen molar-refractivity contribution in [3.05, 3.63) is 41.2 Å². The maximum atomic E-state index is 12.8. The monoisotopic (exact) mass is 419 g/mol. The molecule has 1 aliphatic rings. The summed E-state index contributed by atoms with van der Waals surface area (Å²) >= 11 is 0. The fraction of sp³-hybridized carbons (Fsp3) is 0.500. The van der Waals surface area contributed by atoms with Crippen molar-refractivity contribution < 1.29 is 13.2 Å². The lowest BCUT2D eigenvalue weighted by molar-refractivity contribution is -0.116. The highest BCUT2D eigenvalue weighted by Crippen LogP contribution is 2.20. The molecule has 8 nitrogen and oxygen atoms in total. The molecule has 1 aromatic heterocycles. The Hall–Kier alpha value is -2.23. The fourth-order valence-electron chi connectivity index (χ4n) is 3.53. The molecule has 29 heavy (non-hydrogen) atoms. The van der Waals surface area contributed by atoms with E-state index in [2.05, 4.69) is 15.3 Å². The lowest BCUT2D eigenvalue weighted by Crippen LogP contribution is -2.46. The number of likely N-dealkylation sites (N-methyl/N-ethyl adjacent to an activating group) is 1. The van der Waals surface area contributed by atoms with Crippen LogP contribution in [0, 0.1) is 13.8 Å². The molecule has 0 aliphatic carbocycles. The summed E-state index contributed by atoms with van der Waals surface area (Å²) in [6.07, 6.45) is 0.960. The summed E-state index contributed by atoms with van der Waals surface area (Å²) in [5.74, 6) is -0.109. The Bertz CT molecular complexity index is 974. The molecule has 1 fully saturated rings. The van der Waals surface area contributed by atoms with Crippen molar-refractivity contribution in [2.45, 2.75) is 31.6 Å². The quantitative estimate of drug-likeness (QED) is 0.768.